The number of furan rings is 1. The van der Waals surface area contributed by atoms with Crippen LogP contribution in [0.3, 0.4) is 0 Å². The van der Waals surface area contributed by atoms with Crippen molar-refractivity contribution in [1.82, 2.24) is 4.98 Å². The fourth-order valence-electron chi connectivity index (χ4n) is 8.04. The Morgan fingerprint density at radius 2 is 1.06 bits per heavy atom. The summed E-state index contributed by atoms with van der Waals surface area (Å²) in [4.78, 5) is 5.18. The monoisotopic (exact) mass is 679 g/mol. The maximum Gasteiger partial charge on any atom is 0.143 e. The van der Waals surface area contributed by atoms with Gasteiger partial charge in [-0.3, -0.25) is 0 Å². The van der Waals surface area contributed by atoms with Crippen LogP contribution in [0.5, 0.6) is 0 Å². The highest BCUT2D eigenvalue weighted by molar-refractivity contribution is 7.27. The Kier molecular flexibility index (Phi) is 6.46. The van der Waals surface area contributed by atoms with Crippen molar-refractivity contribution in [3.63, 3.8) is 0 Å². The van der Waals surface area contributed by atoms with E-state index in [2.05, 4.69) is 176 Å². The topological polar surface area (TPSA) is 26.0 Å². The van der Waals surface area contributed by atoms with Crippen molar-refractivity contribution in [2.24, 2.45) is 0 Å². The molecule has 0 aliphatic heterocycles. The van der Waals surface area contributed by atoms with Crippen molar-refractivity contribution in [3.05, 3.63) is 176 Å². The molecule has 0 saturated heterocycles. The van der Waals surface area contributed by atoms with Crippen molar-refractivity contribution >= 4 is 75.1 Å². The van der Waals surface area contributed by atoms with Crippen LogP contribution in [-0.4, -0.2) is 4.98 Å². The molecule has 0 bridgehead atoms. The van der Waals surface area contributed by atoms with Gasteiger partial charge in [-0.25, -0.2) is 4.98 Å². The van der Waals surface area contributed by atoms with Crippen LogP contribution in [0.4, 0.5) is 0 Å². The van der Waals surface area contributed by atoms with Gasteiger partial charge in [0.2, 0.25) is 0 Å². The van der Waals surface area contributed by atoms with E-state index in [1.807, 2.05) is 11.3 Å². The molecule has 0 aliphatic rings. The first kappa shape index (κ1) is 29.2. The van der Waals surface area contributed by atoms with E-state index in [9.17, 15) is 0 Å². The lowest BCUT2D eigenvalue weighted by atomic mass is 9.94. The minimum atomic E-state index is 0.904. The van der Waals surface area contributed by atoms with Gasteiger partial charge in [0.15, 0.2) is 0 Å². The van der Waals surface area contributed by atoms with Gasteiger partial charge >= 0.3 is 0 Å². The summed E-state index contributed by atoms with van der Waals surface area (Å²) >= 11 is 1.88. The third-order valence-corrected chi connectivity index (χ3v) is 11.7. The van der Waals surface area contributed by atoms with Crippen LogP contribution in [0.1, 0.15) is 0 Å². The Bertz CT molecular complexity index is 3160. The van der Waals surface area contributed by atoms with Crippen LogP contribution in [0, 0.1) is 0 Å². The van der Waals surface area contributed by atoms with Crippen LogP contribution in [0.2, 0.25) is 0 Å². The van der Waals surface area contributed by atoms with Crippen LogP contribution in [0.25, 0.3) is 108 Å². The average molecular weight is 680 g/mol. The van der Waals surface area contributed by atoms with E-state index in [-0.39, 0.29) is 0 Å². The second-order valence-corrected chi connectivity index (χ2v) is 14.5. The maximum atomic E-state index is 6.54. The molecule has 242 valence electrons. The standard InChI is InChI=1S/C49H29NOS/c1-3-11-30(12-4-1)34-25-28-43-41(29-34)37-18-9-17-36(48(37)51-43)32-23-21-31(22-24-32)35-16-10-20-44-45(35)40-27-26-39-46(49(40)52-44)38-15-7-8-19-42(38)50-47(39)33-13-5-2-6-14-33/h1-29H. The highest BCUT2D eigenvalue weighted by Crippen LogP contribution is 2.46. The molecule has 0 saturated carbocycles. The number of nitrogens with zero attached hydrogens (tertiary/aromatic N) is 1. The molecule has 0 radical (unpaired) electrons. The summed E-state index contributed by atoms with van der Waals surface area (Å²) in [5.74, 6) is 0. The largest absolute Gasteiger partial charge is 0.455 e. The molecule has 0 amide bonds. The highest BCUT2D eigenvalue weighted by atomic mass is 32.1. The summed E-state index contributed by atoms with van der Waals surface area (Å²) in [7, 11) is 0. The number of pyridine rings is 1. The van der Waals surface area contributed by atoms with Crippen molar-refractivity contribution in [2.45, 2.75) is 0 Å². The molecule has 3 aromatic heterocycles. The number of benzene rings is 8. The number of aromatic nitrogens is 1. The number of fused-ring (bicyclic) bond motifs is 10. The maximum absolute atomic E-state index is 6.54. The van der Waals surface area contributed by atoms with E-state index in [1.165, 1.54) is 58.6 Å². The van der Waals surface area contributed by atoms with Gasteiger partial charge in [0.25, 0.3) is 0 Å². The van der Waals surface area contributed by atoms with E-state index < -0.39 is 0 Å². The Balaban J connectivity index is 1.05. The highest BCUT2D eigenvalue weighted by Gasteiger charge is 2.19. The van der Waals surface area contributed by atoms with E-state index >= 15 is 0 Å². The van der Waals surface area contributed by atoms with E-state index in [4.69, 9.17) is 9.40 Å². The second-order valence-electron chi connectivity index (χ2n) is 13.4. The Labute approximate surface area is 303 Å². The lowest BCUT2D eigenvalue weighted by molar-refractivity contribution is 0.670. The molecular weight excluding hydrogens is 651 g/mol. The summed E-state index contributed by atoms with van der Waals surface area (Å²) in [5.41, 5.74) is 12.1. The third kappa shape index (κ3) is 4.46. The van der Waals surface area contributed by atoms with Crippen molar-refractivity contribution < 1.29 is 4.42 Å². The van der Waals surface area contributed by atoms with Crippen molar-refractivity contribution in [2.75, 3.05) is 0 Å². The zero-order chi connectivity index (χ0) is 34.2. The van der Waals surface area contributed by atoms with E-state index in [1.54, 1.807) is 0 Å². The summed E-state index contributed by atoms with van der Waals surface area (Å²) in [6.45, 7) is 0. The fourth-order valence-corrected chi connectivity index (χ4v) is 9.33. The van der Waals surface area contributed by atoms with Crippen LogP contribution in [-0.2, 0) is 0 Å². The summed E-state index contributed by atoms with van der Waals surface area (Å²) < 4.78 is 9.13. The summed E-state index contributed by atoms with van der Waals surface area (Å²) in [6.07, 6.45) is 0. The van der Waals surface area contributed by atoms with Gasteiger partial charge in [-0.1, -0.05) is 152 Å². The normalized spacial score (nSPS) is 11.8. The van der Waals surface area contributed by atoms with Crippen molar-refractivity contribution in [1.29, 1.82) is 0 Å². The Morgan fingerprint density at radius 1 is 0.404 bits per heavy atom. The molecule has 0 unspecified atom stereocenters. The zero-order valence-electron chi connectivity index (χ0n) is 28.0. The molecule has 0 N–H and O–H groups in total. The SMILES string of the molecule is c1ccc(-c2ccc3oc4c(-c5ccc(-c6cccc7sc8c(ccc9c(-c%10ccccc%10)nc%10ccccc%10c98)c67)cc5)cccc4c3c2)cc1. The molecule has 0 fully saturated rings. The van der Waals surface area contributed by atoms with E-state index in [0.29, 0.717) is 0 Å². The summed E-state index contributed by atoms with van der Waals surface area (Å²) in [5, 5.41) is 8.51. The minimum absolute atomic E-state index is 0.904. The molecule has 0 spiro atoms. The number of rotatable bonds is 4. The Hall–Kier alpha value is -6.55. The number of hydrogen-bond donors (Lipinski definition) is 0. The third-order valence-electron chi connectivity index (χ3n) is 10.5. The summed E-state index contributed by atoms with van der Waals surface area (Å²) in [6, 6.07) is 62.9. The number of para-hydroxylation sites is 2. The fraction of sp³-hybridized carbons (Fsp3) is 0. The number of thiophene rings is 1. The molecule has 11 rings (SSSR count). The lowest BCUT2D eigenvalue weighted by Crippen LogP contribution is -1.89. The predicted octanol–water partition coefficient (Wildman–Crippen LogP) is 14.3. The van der Waals surface area contributed by atoms with Gasteiger partial charge in [-0.2, -0.15) is 0 Å². The van der Waals surface area contributed by atoms with Gasteiger partial charge in [0.1, 0.15) is 11.2 Å². The van der Waals surface area contributed by atoms with Gasteiger partial charge in [-0.05, 0) is 52.1 Å². The smallest absolute Gasteiger partial charge is 0.143 e. The first-order valence-electron chi connectivity index (χ1n) is 17.6. The molecule has 0 atom stereocenters. The van der Waals surface area contributed by atoms with Crippen LogP contribution >= 0.6 is 11.3 Å². The first-order valence-corrected chi connectivity index (χ1v) is 18.4. The Morgan fingerprint density at radius 3 is 1.88 bits per heavy atom. The molecule has 8 aromatic carbocycles. The lowest BCUT2D eigenvalue weighted by Gasteiger charge is -2.11. The van der Waals surface area contributed by atoms with Gasteiger partial charge in [0.05, 0.1) is 11.2 Å². The molecular formula is C49H29NOS. The zero-order valence-corrected chi connectivity index (χ0v) is 28.8. The second kappa shape index (κ2) is 11.5. The minimum Gasteiger partial charge on any atom is -0.455 e. The molecule has 3 heterocycles. The average Bonchev–Trinajstić information content (AvgIpc) is 3.79. The molecule has 0 aliphatic carbocycles. The van der Waals surface area contributed by atoms with Gasteiger partial charge in [0, 0.05) is 58.2 Å². The van der Waals surface area contributed by atoms with Crippen LogP contribution in [0.15, 0.2) is 180 Å². The molecule has 3 heteroatoms. The predicted molar refractivity (Wildman–Crippen MR) is 221 cm³/mol. The van der Waals surface area contributed by atoms with Gasteiger partial charge < -0.3 is 4.42 Å². The molecule has 2 nitrogen and oxygen atoms in total. The molecule has 11 aromatic rings. The quantitative estimate of drug-likeness (QED) is 0.173. The van der Waals surface area contributed by atoms with Crippen molar-refractivity contribution in [3.8, 4) is 44.6 Å². The van der Waals surface area contributed by atoms with E-state index in [0.717, 1.165) is 49.8 Å². The first-order chi connectivity index (χ1) is 25.8. The van der Waals surface area contributed by atoms with Crippen LogP contribution < -0.4 is 0 Å². The van der Waals surface area contributed by atoms with Gasteiger partial charge in [-0.15, -0.1) is 11.3 Å². The number of hydrogen-bond acceptors (Lipinski definition) is 3. The molecule has 52 heavy (non-hydrogen) atoms.